The molecule has 2 aromatic carbocycles. The van der Waals surface area contributed by atoms with E-state index in [-0.39, 0.29) is 0 Å². The summed E-state index contributed by atoms with van der Waals surface area (Å²) in [6, 6.07) is 16.9. The largest absolute Gasteiger partial charge is 0.463 e. The maximum absolute atomic E-state index is 12.0. The second-order valence-corrected chi connectivity index (χ2v) is 5.49. The maximum Gasteiger partial charge on any atom is 0.336 e. The summed E-state index contributed by atoms with van der Waals surface area (Å²) >= 11 is 0. The van der Waals surface area contributed by atoms with Crippen molar-refractivity contribution in [1.29, 1.82) is 0 Å². The van der Waals surface area contributed by atoms with E-state index in [1.165, 1.54) is 0 Å². The molecule has 0 atom stereocenters. The monoisotopic (exact) mass is 338 g/mol. The summed E-state index contributed by atoms with van der Waals surface area (Å²) < 4.78 is 10.4. The van der Waals surface area contributed by atoms with Crippen LogP contribution in [-0.2, 0) is 14.3 Å². The lowest BCUT2D eigenvalue weighted by atomic mass is 10.1. The zero-order valence-corrected chi connectivity index (χ0v) is 14.3. The molecule has 2 aromatic rings. The molecule has 0 aromatic heterocycles. The molecule has 130 valence electrons. The highest BCUT2D eigenvalue weighted by Gasteiger charge is 2.09. The van der Waals surface area contributed by atoms with Gasteiger partial charge in [0.1, 0.15) is 5.75 Å². The van der Waals surface area contributed by atoms with Gasteiger partial charge in [-0.15, -0.1) is 0 Å². The number of rotatable bonds is 8. The Kier molecular flexibility index (Phi) is 7.44. The first-order valence-corrected chi connectivity index (χ1v) is 8.42. The van der Waals surface area contributed by atoms with Crippen molar-refractivity contribution in [3.05, 3.63) is 66.7 Å². The molecule has 0 N–H and O–H groups in total. The van der Waals surface area contributed by atoms with Crippen molar-refractivity contribution in [3.63, 3.8) is 0 Å². The van der Waals surface area contributed by atoms with Crippen molar-refractivity contribution in [2.24, 2.45) is 0 Å². The van der Waals surface area contributed by atoms with Crippen molar-refractivity contribution in [2.75, 3.05) is 6.61 Å². The molecule has 4 heteroatoms. The Hall–Kier alpha value is -2.88. The van der Waals surface area contributed by atoms with Gasteiger partial charge in [0.05, 0.1) is 6.61 Å². The standard InChI is InChI=1S/C21H22O4/c1-2-3-9-16-24-20(22)14-15-21(23)25-19-13-8-7-12-18(19)17-10-5-4-6-11-17/h4-8,10-15H,2-3,9,16H2,1H3/b15-14+. The van der Waals surface area contributed by atoms with E-state index in [2.05, 4.69) is 6.92 Å². The quantitative estimate of drug-likeness (QED) is 0.307. The maximum atomic E-state index is 12.0. The second-order valence-electron chi connectivity index (χ2n) is 5.49. The lowest BCUT2D eigenvalue weighted by molar-refractivity contribution is -0.138. The minimum Gasteiger partial charge on any atom is -0.463 e. The SMILES string of the molecule is CCCCCOC(=O)/C=C/C(=O)Oc1ccccc1-c1ccccc1. The lowest BCUT2D eigenvalue weighted by Gasteiger charge is -2.08. The highest BCUT2D eigenvalue weighted by molar-refractivity contribution is 5.93. The minimum absolute atomic E-state index is 0.364. The Morgan fingerprint density at radius 1 is 0.880 bits per heavy atom. The van der Waals surface area contributed by atoms with E-state index in [4.69, 9.17) is 9.47 Å². The van der Waals surface area contributed by atoms with Crippen molar-refractivity contribution in [3.8, 4) is 16.9 Å². The van der Waals surface area contributed by atoms with E-state index < -0.39 is 11.9 Å². The van der Waals surface area contributed by atoms with Crippen molar-refractivity contribution in [1.82, 2.24) is 0 Å². The molecule has 0 radical (unpaired) electrons. The molecular formula is C21H22O4. The van der Waals surface area contributed by atoms with Crippen LogP contribution < -0.4 is 4.74 Å². The molecule has 0 spiro atoms. The van der Waals surface area contributed by atoms with Gasteiger partial charge in [-0.3, -0.25) is 0 Å². The Labute approximate surface area is 148 Å². The van der Waals surface area contributed by atoms with Crippen LogP contribution in [0.3, 0.4) is 0 Å². The van der Waals surface area contributed by atoms with Gasteiger partial charge in [-0.1, -0.05) is 68.3 Å². The predicted octanol–water partition coefficient (Wildman–Crippen LogP) is 4.55. The van der Waals surface area contributed by atoms with E-state index in [1.807, 2.05) is 42.5 Å². The topological polar surface area (TPSA) is 52.6 Å². The lowest BCUT2D eigenvalue weighted by Crippen LogP contribution is -2.07. The average molecular weight is 338 g/mol. The number of carbonyl (C=O) groups is 2. The molecule has 0 saturated heterocycles. The van der Waals surface area contributed by atoms with Crippen LogP contribution in [0, 0.1) is 0 Å². The van der Waals surface area contributed by atoms with Crippen LogP contribution in [0.15, 0.2) is 66.7 Å². The molecule has 0 fully saturated rings. The van der Waals surface area contributed by atoms with Crippen molar-refractivity contribution in [2.45, 2.75) is 26.2 Å². The fourth-order valence-corrected chi connectivity index (χ4v) is 2.26. The van der Waals surface area contributed by atoms with Gasteiger partial charge in [-0.05, 0) is 18.1 Å². The first-order valence-electron chi connectivity index (χ1n) is 8.42. The van der Waals surface area contributed by atoms with Gasteiger partial charge in [-0.2, -0.15) is 0 Å². The number of esters is 2. The number of hydrogen-bond acceptors (Lipinski definition) is 4. The molecule has 4 nitrogen and oxygen atoms in total. The number of ether oxygens (including phenoxy) is 2. The van der Waals surface area contributed by atoms with Crippen LogP contribution >= 0.6 is 0 Å². The minimum atomic E-state index is -0.617. The van der Waals surface area contributed by atoms with E-state index in [0.717, 1.165) is 42.5 Å². The Balaban J connectivity index is 1.95. The molecule has 0 aliphatic rings. The molecule has 0 amide bonds. The van der Waals surface area contributed by atoms with Crippen LogP contribution in [0.25, 0.3) is 11.1 Å². The third-order valence-electron chi connectivity index (χ3n) is 3.53. The number of unbranched alkanes of at least 4 members (excludes halogenated alkanes) is 2. The fraction of sp³-hybridized carbons (Fsp3) is 0.238. The normalized spacial score (nSPS) is 10.6. The van der Waals surface area contributed by atoms with Gasteiger partial charge in [0.2, 0.25) is 0 Å². The number of benzene rings is 2. The molecule has 2 rings (SSSR count). The van der Waals surface area contributed by atoms with Crippen molar-refractivity contribution >= 4 is 11.9 Å². The van der Waals surface area contributed by atoms with Gasteiger partial charge in [0.25, 0.3) is 0 Å². The molecule has 0 unspecified atom stereocenters. The Morgan fingerprint density at radius 3 is 2.32 bits per heavy atom. The molecular weight excluding hydrogens is 316 g/mol. The van der Waals surface area contributed by atoms with Crippen LogP contribution in [0.1, 0.15) is 26.2 Å². The molecule has 0 aliphatic heterocycles. The van der Waals surface area contributed by atoms with E-state index in [9.17, 15) is 9.59 Å². The van der Waals surface area contributed by atoms with E-state index >= 15 is 0 Å². The molecule has 0 aliphatic carbocycles. The first kappa shape index (κ1) is 18.5. The van der Waals surface area contributed by atoms with Gasteiger partial charge in [-0.25, -0.2) is 9.59 Å². The second kappa shape index (κ2) is 10.1. The van der Waals surface area contributed by atoms with Gasteiger partial charge in [0, 0.05) is 17.7 Å². The average Bonchev–Trinajstić information content (AvgIpc) is 2.65. The molecule has 25 heavy (non-hydrogen) atoms. The summed E-state index contributed by atoms with van der Waals surface area (Å²) in [6.45, 7) is 2.44. The Morgan fingerprint density at radius 2 is 1.56 bits per heavy atom. The molecule has 0 heterocycles. The van der Waals surface area contributed by atoms with Crippen molar-refractivity contribution < 1.29 is 19.1 Å². The Bertz CT molecular complexity index is 720. The molecule has 0 bridgehead atoms. The summed E-state index contributed by atoms with van der Waals surface area (Å²) in [7, 11) is 0. The van der Waals surface area contributed by atoms with E-state index in [0.29, 0.717) is 12.4 Å². The number of hydrogen-bond donors (Lipinski definition) is 0. The highest BCUT2D eigenvalue weighted by Crippen LogP contribution is 2.29. The van der Waals surface area contributed by atoms with Crippen LogP contribution in [0.2, 0.25) is 0 Å². The van der Waals surface area contributed by atoms with Gasteiger partial charge < -0.3 is 9.47 Å². The van der Waals surface area contributed by atoms with Crippen LogP contribution in [0.5, 0.6) is 5.75 Å². The summed E-state index contributed by atoms with van der Waals surface area (Å²) in [4.78, 5) is 23.5. The van der Waals surface area contributed by atoms with Crippen LogP contribution in [-0.4, -0.2) is 18.5 Å². The third-order valence-corrected chi connectivity index (χ3v) is 3.53. The smallest absolute Gasteiger partial charge is 0.336 e. The summed E-state index contributed by atoms with van der Waals surface area (Å²) in [6.07, 6.45) is 5.07. The predicted molar refractivity (Wildman–Crippen MR) is 97.1 cm³/mol. The third kappa shape index (κ3) is 6.26. The first-order chi connectivity index (χ1) is 12.2. The van der Waals surface area contributed by atoms with Gasteiger partial charge >= 0.3 is 11.9 Å². The molecule has 0 saturated carbocycles. The summed E-state index contributed by atoms with van der Waals surface area (Å²) in [5.41, 5.74) is 1.76. The summed E-state index contributed by atoms with van der Waals surface area (Å²) in [5.74, 6) is -0.710. The summed E-state index contributed by atoms with van der Waals surface area (Å²) in [5, 5.41) is 0. The fourth-order valence-electron chi connectivity index (χ4n) is 2.26. The number of para-hydroxylation sites is 1. The van der Waals surface area contributed by atoms with E-state index in [1.54, 1.807) is 12.1 Å². The number of carbonyl (C=O) groups excluding carboxylic acids is 2. The van der Waals surface area contributed by atoms with Gasteiger partial charge in [0.15, 0.2) is 0 Å². The zero-order chi connectivity index (χ0) is 17.9. The highest BCUT2D eigenvalue weighted by atomic mass is 16.5. The zero-order valence-electron chi connectivity index (χ0n) is 14.3. The van der Waals surface area contributed by atoms with Crippen LogP contribution in [0.4, 0.5) is 0 Å².